The summed E-state index contributed by atoms with van der Waals surface area (Å²) in [5.74, 6) is 1.32. The molecule has 0 unspecified atom stereocenters. The molecule has 4 N–H and O–H groups in total. The van der Waals surface area contributed by atoms with Gasteiger partial charge in [-0.1, -0.05) is 0 Å². The van der Waals surface area contributed by atoms with Crippen molar-refractivity contribution in [2.24, 2.45) is 0 Å². The molecule has 0 aromatic carbocycles. The second kappa shape index (κ2) is 8.90. The molecular weight excluding hydrogens is 430 g/mol. The first-order valence-electron chi connectivity index (χ1n) is 11.0. The molecule has 4 heterocycles. The lowest BCUT2D eigenvalue weighted by Crippen LogP contribution is -2.46. The molecule has 33 heavy (non-hydrogen) atoms. The number of hydrogen-bond acceptors (Lipinski definition) is 12. The Bertz CT molecular complexity index is 998. The maximum atomic E-state index is 12.4. The molecule has 13 heteroatoms. The van der Waals surface area contributed by atoms with E-state index in [4.69, 9.17) is 15.2 Å². The van der Waals surface area contributed by atoms with Gasteiger partial charge in [0.15, 0.2) is 5.82 Å². The van der Waals surface area contributed by atoms with Crippen LogP contribution in [0.25, 0.3) is 11.4 Å². The predicted octanol–water partition coefficient (Wildman–Crippen LogP) is -0.105. The van der Waals surface area contributed by atoms with Crippen LogP contribution in [-0.2, 0) is 9.47 Å². The van der Waals surface area contributed by atoms with E-state index in [9.17, 15) is 9.90 Å². The van der Waals surface area contributed by atoms with E-state index in [1.165, 1.54) is 0 Å². The fourth-order valence-electron chi connectivity index (χ4n) is 3.85. The minimum absolute atomic E-state index is 0.0267. The van der Waals surface area contributed by atoms with Gasteiger partial charge in [0, 0.05) is 38.6 Å². The fourth-order valence-corrected chi connectivity index (χ4v) is 3.85. The summed E-state index contributed by atoms with van der Waals surface area (Å²) in [5.41, 5.74) is 5.41. The van der Waals surface area contributed by atoms with Crippen molar-refractivity contribution in [2.45, 2.75) is 30.9 Å². The normalized spacial score (nSPS) is 22.9. The lowest BCUT2D eigenvalue weighted by Gasteiger charge is -2.30. The average Bonchev–Trinajstić information content (AvgIpc) is 3.56. The molecule has 1 atom stereocenters. The smallest absolute Gasteiger partial charge is 0.410 e. The molecule has 13 nitrogen and oxygen atoms in total. The maximum Gasteiger partial charge on any atom is 0.410 e. The maximum absolute atomic E-state index is 12.4. The van der Waals surface area contributed by atoms with E-state index in [1.807, 2.05) is 4.90 Å². The van der Waals surface area contributed by atoms with Crippen molar-refractivity contribution < 1.29 is 19.4 Å². The van der Waals surface area contributed by atoms with Gasteiger partial charge in [0.05, 0.1) is 30.9 Å². The first-order chi connectivity index (χ1) is 16.0. The van der Waals surface area contributed by atoms with E-state index in [0.717, 1.165) is 12.8 Å². The van der Waals surface area contributed by atoms with Crippen molar-refractivity contribution in [3.05, 3.63) is 12.4 Å². The van der Waals surface area contributed by atoms with Gasteiger partial charge in [0.2, 0.25) is 17.8 Å². The molecule has 0 spiro atoms. The van der Waals surface area contributed by atoms with Crippen molar-refractivity contribution in [2.75, 3.05) is 62.0 Å². The molecule has 5 rings (SSSR count). The standard InChI is InChI=1S/C20H27N9O4/c21-16-22-9-13(10-23-16)15-24-17(26-18(25-15)28-5-7-32-8-6-28)27-20(12-30)3-4-29(11-20)19(31)33-14-1-2-14/h9-10,14,30H,1-8,11-12H2,(H2,21,22,23)(H,24,25,26,27)/t20-/m0/s1. The second-order valence-corrected chi connectivity index (χ2v) is 8.53. The van der Waals surface area contributed by atoms with E-state index < -0.39 is 5.54 Å². The summed E-state index contributed by atoms with van der Waals surface area (Å²) in [7, 11) is 0. The van der Waals surface area contributed by atoms with Gasteiger partial charge in [0.1, 0.15) is 6.10 Å². The van der Waals surface area contributed by atoms with Gasteiger partial charge in [-0.25, -0.2) is 14.8 Å². The highest BCUT2D eigenvalue weighted by molar-refractivity contribution is 5.69. The average molecular weight is 457 g/mol. The number of hydrogen-bond donors (Lipinski definition) is 3. The van der Waals surface area contributed by atoms with Gasteiger partial charge >= 0.3 is 6.09 Å². The predicted molar refractivity (Wildman–Crippen MR) is 117 cm³/mol. The third kappa shape index (κ3) is 4.88. The number of nitrogens with one attached hydrogen (secondary N) is 1. The second-order valence-electron chi connectivity index (χ2n) is 8.53. The lowest BCUT2D eigenvalue weighted by molar-refractivity contribution is 0.100. The number of rotatable bonds is 6. The SMILES string of the molecule is Nc1ncc(-c2nc(N[C@@]3(CO)CCN(C(=O)OC4CC4)C3)nc(N3CCOCC3)n2)cn1. The van der Waals surface area contributed by atoms with Crippen molar-refractivity contribution in [3.63, 3.8) is 0 Å². The summed E-state index contributed by atoms with van der Waals surface area (Å²) in [6.07, 6.45) is 5.14. The number of nitrogens with two attached hydrogens (primary N) is 1. The number of nitrogens with zero attached hydrogens (tertiary/aromatic N) is 7. The summed E-state index contributed by atoms with van der Waals surface area (Å²) < 4.78 is 10.9. The first kappa shape index (κ1) is 21.5. The zero-order valence-electron chi connectivity index (χ0n) is 18.2. The fraction of sp³-hybridized carbons (Fsp3) is 0.600. The molecule has 0 radical (unpaired) electrons. The van der Waals surface area contributed by atoms with Gasteiger partial charge in [-0.15, -0.1) is 0 Å². The molecule has 2 aromatic rings. The highest BCUT2D eigenvalue weighted by Crippen LogP contribution is 2.29. The van der Waals surface area contributed by atoms with Crippen LogP contribution in [0.2, 0.25) is 0 Å². The number of likely N-dealkylation sites (tertiary alicyclic amines) is 1. The quantitative estimate of drug-likeness (QED) is 0.528. The Hall–Kier alpha value is -3.32. The van der Waals surface area contributed by atoms with Crippen LogP contribution in [0.3, 0.4) is 0 Å². The number of ether oxygens (including phenoxy) is 2. The Balaban J connectivity index is 1.41. The molecular formula is C20H27N9O4. The number of amides is 1. The number of aliphatic hydroxyl groups excluding tert-OH is 1. The largest absolute Gasteiger partial charge is 0.446 e. The minimum atomic E-state index is -0.791. The van der Waals surface area contributed by atoms with Gasteiger partial charge < -0.3 is 35.4 Å². The number of carbonyl (C=O) groups is 1. The van der Waals surface area contributed by atoms with Crippen LogP contribution < -0.4 is 16.0 Å². The molecule has 2 saturated heterocycles. The highest BCUT2D eigenvalue weighted by Gasteiger charge is 2.42. The molecule has 2 aliphatic heterocycles. The van der Waals surface area contributed by atoms with Crippen molar-refractivity contribution in [3.8, 4) is 11.4 Å². The summed E-state index contributed by atoms with van der Waals surface area (Å²) >= 11 is 0. The highest BCUT2D eigenvalue weighted by atomic mass is 16.6. The van der Waals surface area contributed by atoms with E-state index in [-0.39, 0.29) is 31.3 Å². The van der Waals surface area contributed by atoms with Crippen molar-refractivity contribution in [1.29, 1.82) is 0 Å². The van der Waals surface area contributed by atoms with Crippen LogP contribution in [0.5, 0.6) is 0 Å². The molecule has 3 fully saturated rings. The molecule has 2 aromatic heterocycles. The van der Waals surface area contributed by atoms with Crippen molar-refractivity contribution >= 4 is 23.9 Å². The third-order valence-electron chi connectivity index (χ3n) is 5.93. The lowest BCUT2D eigenvalue weighted by atomic mass is 10.0. The molecule has 1 aliphatic carbocycles. The van der Waals surface area contributed by atoms with Crippen LogP contribution in [0.15, 0.2) is 12.4 Å². The van der Waals surface area contributed by atoms with Gasteiger partial charge in [0.25, 0.3) is 0 Å². The summed E-state index contributed by atoms with van der Waals surface area (Å²) in [6.45, 7) is 3.01. The number of aromatic nitrogens is 5. The third-order valence-corrected chi connectivity index (χ3v) is 5.93. The number of nitrogen functional groups attached to an aromatic ring is 1. The Kier molecular flexibility index (Phi) is 5.81. The van der Waals surface area contributed by atoms with E-state index in [1.54, 1.807) is 17.3 Å². The number of anilines is 3. The molecule has 3 aliphatic rings. The summed E-state index contributed by atoms with van der Waals surface area (Å²) in [4.78, 5) is 37.8. The summed E-state index contributed by atoms with van der Waals surface area (Å²) in [5, 5.41) is 13.5. The number of carbonyl (C=O) groups excluding carboxylic acids is 1. The minimum Gasteiger partial charge on any atom is -0.446 e. The summed E-state index contributed by atoms with van der Waals surface area (Å²) in [6, 6.07) is 0. The molecule has 1 saturated carbocycles. The molecule has 0 bridgehead atoms. The van der Waals surface area contributed by atoms with E-state index in [0.29, 0.717) is 62.6 Å². The van der Waals surface area contributed by atoms with Crippen molar-refractivity contribution in [1.82, 2.24) is 29.8 Å². The molecule has 1 amide bonds. The Labute approximate surface area is 190 Å². The number of morpholine rings is 1. The van der Waals surface area contributed by atoms with E-state index in [2.05, 4.69) is 30.2 Å². The van der Waals surface area contributed by atoms with E-state index >= 15 is 0 Å². The zero-order chi connectivity index (χ0) is 22.8. The number of aliphatic hydroxyl groups is 1. The van der Waals surface area contributed by atoms with Crippen LogP contribution in [-0.4, -0.2) is 98.7 Å². The van der Waals surface area contributed by atoms with Crippen LogP contribution in [0.1, 0.15) is 19.3 Å². The monoisotopic (exact) mass is 457 g/mol. The van der Waals surface area contributed by atoms with Crippen LogP contribution >= 0.6 is 0 Å². The molecule has 176 valence electrons. The first-order valence-corrected chi connectivity index (χ1v) is 11.0. The van der Waals surface area contributed by atoms with Gasteiger partial charge in [-0.3, -0.25) is 0 Å². The van der Waals surface area contributed by atoms with Gasteiger partial charge in [-0.2, -0.15) is 15.0 Å². The zero-order valence-corrected chi connectivity index (χ0v) is 18.2. The Morgan fingerprint density at radius 1 is 1.21 bits per heavy atom. The topological polar surface area (TPSA) is 165 Å². The Morgan fingerprint density at radius 3 is 2.67 bits per heavy atom. The van der Waals surface area contributed by atoms with Crippen LogP contribution in [0.4, 0.5) is 22.6 Å². The Morgan fingerprint density at radius 2 is 1.97 bits per heavy atom. The van der Waals surface area contributed by atoms with Gasteiger partial charge in [-0.05, 0) is 19.3 Å². The van der Waals surface area contributed by atoms with Crippen LogP contribution in [0, 0.1) is 0 Å².